The average Bonchev–Trinajstić information content (AvgIpc) is 2.42. The maximum absolute atomic E-state index is 11.7. The largest absolute Gasteiger partial charge is 0.481 e. The van der Waals surface area contributed by atoms with Crippen molar-refractivity contribution in [2.24, 2.45) is 5.10 Å². The number of nitrogens with one attached hydrogen (secondary N) is 1. The van der Waals surface area contributed by atoms with E-state index in [0.29, 0.717) is 17.1 Å². The molecule has 2 N–H and O–H groups in total. The Morgan fingerprint density at radius 3 is 2.76 bits per heavy atom. The number of rotatable bonds is 8. The molecular formula is C14H17ClN2O4. The van der Waals surface area contributed by atoms with E-state index in [9.17, 15) is 9.59 Å². The van der Waals surface area contributed by atoms with Gasteiger partial charge >= 0.3 is 11.9 Å². The summed E-state index contributed by atoms with van der Waals surface area (Å²) in [6, 6.07) is 6.87. The molecule has 1 aromatic carbocycles. The van der Waals surface area contributed by atoms with E-state index in [0.717, 1.165) is 0 Å². The van der Waals surface area contributed by atoms with Crippen LogP contribution >= 0.6 is 11.6 Å². The van der Waals surface area contributed by atoms with Gasteiger partial charge in [0.25, 0.3) is 0 Å². The van der Waals surface area contributed by atoms with E-state index in [4.69, 9.17) is 21.4 Å². The quantitative estimate of drug-likeness (QED) is 0.438. The molecule has 21 heavy (non-hydrogen) atoms. The van der Waals surface area contributed by atoms with E-state index < -0.39 is 11.9 Å². The highest BCUT2D eigenvalue weighted by Crippen LogP contribution is 2.15. The number of benzene rings is 1. The monoisotopic (exact) mass is 312 g/mol. The van der Waals surface area contributed by atoms with Crippen LogP contribution in [0.25, 0.3) is 0 Å². The first kappa shape index (κ1) is 17.0. The molecule has 114 valence electrons. The first-order valence-corrected chi connectivity index (χ1v) is 6.87. The number of anilines is 1. The molecule has 0 spiro atoms. The van der Waals surface area contributed by atoms with Crippen LogP contribution in [0.3, 0.4) is 0 Å². The maximum Gasteiger partial charge on any atom is 0.354 e. The van der Waals surface area contributed by atoms with E-state index in [1.807, 2.05) is 0 Å². The Morgan fingerprint density at radius 2 is 2.14 bits per heavy atom. The Hall–Kier alpha value is -2.08. The molecular weight excluding hydrogens is 296 g/mol. The van der Waals surface area contributed by atoms with E-state index in [2.05, 4.69) is 10.5 Å². The van der Waals surface area contributed by atoms with Crippen molar-refractivity contribution < 1.29 is 19.4 Å². The summed E-state index contributed by atoms with van der Waals surface area (Å²) in [4.78, 5) is 22.2. The SMILES string of the molecule is CCOC(=O)C(CCCC(=O)O)=NNc1cccc(Cl)c1. The Morgan fingerprint density at radius 1 is 1.38 bits per heavy atom. The Kier molecular flexibility index (Phi) is 7.25. The molecule has 0 aromatic heterocycles. The number of nitrogens with zero attached hydrogens (tertiary/aromatic N) is 1. The molecule has 0 bridgehead atoms. The van der Waals surface area contributed by atoms with Crippen LogP contribution in [0.2, 0.25) is 5.02 Å². The highest BCUT2D eigenvalue weighted by atomic mass is 35.5. The van der Waals surface area contributed by atoms with Crippen LogP contribution in [0.15, 0.2) is 29.4 Å². The van der Waals surface area contributed by atoms with E-state index >= 15 is 0 Å². The lowest BCUT2D eigenvalue weighted by Crippen LogP contribution is -2.19. The minimum atomic E-state index is -0.916. The number of hydrogen-bond donors (Lipinski definition) is 2. The number of aliphatic carboxylic acids is 1. The molecule has 0 aliphatic heterocycles. The summed E-state index contributed by atoms with van der Waals surface area (Å²) in [6.45, 7) is 1.92. The van der Waals surface area contributed by atoms with Crippen molar-refractivity contribution in [1.29, 1.82) is 0 Å². The Bertz CT molecular complexity index is 531. The average molecular weight is 313 g/mol. The summed E-state index contributed by atoms with van der Waals surface area (Å²) in [5.41, 5.74) is 3.50. The van der Waals surface area contributed by atoms with E-state index in [-0.39, 0.29) is 25.2 Å². The zero-order valence-electron chi connectivity index (χ0n) is 11.6. The number of carboxylic acids is 1. The lowest BCUT2D eigenvalue weighted by molar-refractivity contribution is -0.137. The molecule has 0 aliphatic rings. The molecule has 1 aromatic rings. The minimum absolute atomic E-state index is 0.0322. The summed E-state index contributed by atoms with van der Waals surface area (Å²) in [5.74, 6) is -1.47. The third-order valence-corrected chi connectivity index (χ3v) is 2.69. The normalized spacial score (nSPS) is 11.0. The molecule has 0 saturated carbocycles. The fourth-order valence-electron chi connectivity index (χ4n) is 1.52. The van der Waals surface area contributed by atoms with Crippen molar-refractivity contribution in [1.82, 2.24) is 0 Å². The summed E-state index contributed by atoms with van der Waals surface area (Å²) in [5, 5.41) is 13.2. The topological polar surface area (TPSA) is 88.0 Å². The molecule has 0 fully saturated rings. The number of carbonyl (C=O) groups is 2. The number of hydrazone groups is 1. The third-order valence-electron chi connectivity index (χ3n) is 2.46. The molecule has 0 saturated heterocycles. The number of halogens is 1. The Labute approximate surface area is 127 Å². The highest BCUT2D eigenvalue weighted by molar-refractivity contribution is 6.36. The Balaban J connectivity index is 2.71. The van der Waals surface area contributed by atoms with Crippen LogP contribution in [0.1, 0.15) is 26.2 Å². The molecule has 0 heterocycles. The van der Waals surface area contributed by atoms with Crippen molar-refractivity contribution in [3.63, 3.8) is 0 Å². The first-order chi connectivity index (χ1) is 10.0. The molecule has 7 heteroatoms. The van der Waals surface area contributed by atoms with Gasteiger partial charge in [0, 0.05) is 11.4 Å². The molecule has 6 nitrogen and oxygen atoms in total. The van der Waals surface area contributed by atoms with E-state index in [1.165, 1.54) is 0 Å². The van der Waals surface area contributed by atoms with Crippen molar-refractivity contribution in [3.8, 4) is 0 Å². The summed E-state index contributed by atoms with van der Waals surface area (Å²) >= 11 is 5.85. The molecule has 0 unspecified atom stereocenters. The van der Waals surface area contributed by atoms with Crippen molar-refractivity contribution in [2.75, 3.05) is 12.0 Å². The minimum Gasteiger partial charge on any atom is -0.481 e. The molecule has 1 rings (SSSR count). The van der Waals surface area contributed by atoms with Crippen LogP contribution < -0.4 is 5.43 Å². The second kappa shape index (κ2) is 8.97. The van der Waals surface area contributed by atoms with Crippen LogP contribution in [0, 0.1) is 0 Å². The van der Waals surface area contributed by atoms with Gasteiger partial charge in [-0.3, -0.25) is 10.2 Å². The fraction of sp³-hybridized carbons (Fsp3) is 0.357. The number of esters is 1. The van der Waals surface area contributed by atoms with Crippen LogP contribution in [0.4, 0.5) is 5.69 Å². The first-order valence-electron chi connectivity index (χ1n) is 6.50. The lowest BCUT2D eigenvalue weighted by Gasteiger charge is -2.07. The van der Waals surface area contributed by atoms with Gasteiger partial charge in [0.05, 0.1) is 12.3 Å². The van der Waals surface area contributed by atoms with Gasteiger partial charge in [0.1, 0.15) is 5.71 Å². The maximum atomic E-state index is 11.7. The number of carboxylic acid groups (broad SMARTS) is 1. The zero-order chi connectivity index (χ0) is 15.7. The van der Waals surface area contributed by atoms with Gasteiger partial charge in [-0.25, -0.2) is 4.79 Å². The molecule has 0 atom stereocenters. The predicted octanol–water partition coefficient (Wildman–Crippen LogP) is 2.93. The summed E-state index contributed by atoms with van der Waals surface area (Å²) in [6.07, 6.45) is 0.499. The predicted molar refractivity (Wildman–Crippen MR) is 80.6 cm³/mol. The third kappa shape index (κ3) is 6.76. The lowest BCUT2D eigenvalue weighted by atomic mass is 10.1. The molecule has 0 aliphatic carbocycles. The van der Waals surface area contributed by atoms with Gasteiger partial charge in [-0.1, -0.05) is 17.7 Å². The van der Waals surface area contributed by atoms with Crippen molar-refractivity contribution in [3.05, 3.63) is 29.3 Å². The second-order valence-electron chi connectivity index (χ2n) is 4.15. The number of hydrogen-bond acceptors (Lipinski definition) is 5. The van der Waals surface area contributed by atoms with Crippen molar-refractivity contribution in [2.45, 2.75) is 26.2 Å². The van der Waals surface area contributed by atoms with Crippen LogP contribution in [0.5, 0.6) is 0 Å². The van der Waals surface area contributed by atoms with Gasteiger partial charge in [-0.2, -0.15) is 5.10 Å². The summed E-state index contributed by atoms with van der Waals surface area (Å²) in [7, 11) is 0. The molecule has 0 amide bonds. The van der Waals surface area contributed by atoms with Gasteiger partial charge in [0.2, 0.25) is 0 Å². The molecule has 0 radical (unpaired) electrons. The fourth-order valence-corrected chi connectivity index (χ4v) is 1.71. The van der Waals surface area contributed by atoms with Crippen LogP contribution in [-0.4, -0.2) is 29.4 Å². The smallest absolute Gasteiger partial charge is 0.354 e. The number of ether oxygens (including phenoxy) is 1. The zero-order valence-corrected chi connectivity index (χ0v) is 12.4. The summed E-state index contributed by atoms with van der Waals surface area (Å²) < 4.78 is 4.89. The van der Waals surface area contributed by atoms with E-state index in [1.54, 1.807) is 31.2 Å². The van der Waals surface area contributed by atoms with Gasteiger partial charge in [-0.05, 0) is 38.0 Å². The highest BCUT2D eigenvalue weighted by Gasteiger charge is 2.13. The van der Waals surface area contributed by atoms with Gasteiger partial charge < -0.3 is 9.84 Å². The van der Waals surface area contributed by atoms with Gasteiger partial charge in [0.15, 0.2) is 0 Å². The number of carbonyl (C=O) groups excluding carboxylic acids is 1. The standard InChI is InChI=1S/C14H17ClN2O4/c1-2-21-14(20)12(7-4-8-13(18)19)17-16-11-6-3-5-10(15)9-11/h3,5-6,9,16H,2,4,7-8H2,1H3,(H,18,19). The second-order valence-corrected chi connectivity index (χ2v) is 4.58. The van der Waals surface area contributed by atoms with Crippen LogP contribution in [-0.2, 0) is 14.3 Å². The van der Waals surface area contributed by atoms with Gasteiger partial charge in [-0.15, -0.1) is 0 Å². The van der Waals surface area contributed by atoms with Crippen molar-refractivity contribution >= 4 is 34.9 Å².